The summed E-state index contributed by atoms with van der Waals surface area (Å²) in [4.78, 5) is 31.2. The Morgan fingerprint density at radius 3 is 2.36 bits per heavy atom. The van der Waals surface area contributed by atoms with Gasteiger partial charge in [0, 0.05) is 11.5 Å². The van der Waals surface area contributed by atoms with Crippen LogP contribution in [-0.4, -0.2) is 29.1 Å². The number of benzene rings is 2. The maximum Gasteiger partial charge on any atom is 0.336 e. The van der Waals surface area contributed by atoms with E-state index in [0.717, 1.165) is 24.1 Å². The third-order valence-electron chi connectivity index (χ3n) is 6.06. The Morgan fingerprint density at radius 1 is 1.06 bits per heavy atom. The highest BCUT2D eigenvalue weighted by atomic mass is 16.5. The number of hydrogen-bond acceptors (Lipinski definition) is 6. The molecule has 1 N–H and O–H groups in total. The van der Waals surface area contributed by atoms with Gasteiger partial charge in [0.2, 0.25) is 0 Å². The third-order valence-corrected chi connectivity index (χ3v) is 6.06. The molecule has 5 rings (SSSR count). The molecule has 0 spiro atoms. The molecule has 33 heavy (non-hydrogen) atoms. The molecule has 1 aliphatic carbocycles. The van der Waals surface area contributed by atoms with Crippen LogP contribution in [0.4, 0.5) is 0 Å². The van der Waals surface area contributed by atoms with Gasteiger partial charge < -0.3 is 14.6 Å². The Morgan fingerprint density at radius 2 is 1.73 bits per heavy atom. The molecule has 2 aromatic heterocycles. The molecule has 1 aliphatic rings. The fourth-order valence-corrected chi connectivity index (χ4v) is 4.06. The van der Waals surface area contributed by atoms with E-state index in [2.05, 4.69) is 15.5 Å². The molecule has 1 amide bonds. The number of rotatable bonds is 6. The summed E-state index contributed by atoms with van der Waals surface area (Å²) in [6.45, 7) is 1.64. The molecule has 1 unspecified atom stereocenters. The van der Waals surface area contributed by atoms with Crippen molar-refractivity contribution < 1.29 is 18.8 Å². The van der Waals surface area contributed by atoms with Gasteiger partial charge in [-0.15, -0.1) is 0 Å². The van der Waals surface area contributed by atoms with Crippen molar-refractivity contribution in [2.75, 3.05) is 7.11 Å². The maximum atomic E-state index is 13.7. The summed E-state index contributed by atoms with van der Waals surface area (Å²) < 4.78 is 10.6. The average molecular weight is 441 g/mol. The van der Waals surface area contributed by atoms with Gasteiger partial charge in [0.15, 0.2) is 5.54 Å². The van der Waals surface area contributed by atoms with Crippen LogP contribution in [0.15, 0.2) is 71.3 Å². The minimum Gasteiger partial charge on any atom is -0.467 e. The first-order valence-corrected chi connectivity index (χ1v) is 10.8. The minimum atomic E-state index is -1.38. The van der Waals surface area contributed by atoms with E-state index in [1.807, 2.05) is 48.5 Å². The molecule has 0 bridgehead atoms. The summed E-state index contributed by atoms with van der Waals surface area (Å²) in [6.07, 6.45) is 1.99. The van der Waals surface area contributed by atoms with E-state index >= 15 is 0 Å². The van der Waals surface area contributed by atoms with Crippen LogP contribution in [0, 0.1) is 0 Å². The van der Waals surface area contributed by atoms with E-state index < -0.39 is 17.4 Å². The molecule has 7 heteroatoms. The second kappa shape index (κ2) is 8.16. The predicted octanol–water partition coefficient (Wildman–Crippen LogP) is 4.59. The van der Waals surface area contributed by atoms with Crippen LogP contribution in [-0.2, 0) is 15.1 Å². The standard InChI is InChI=1S/C26H23N3O4/c1-26(25(31)32-2,18-11-7-4-8-12-18)28-23(30)19-15-20(16-9-5-3-6-10-16)27-24-21(19)22(29-33-24)17-13-14-17/h3-12,15,17H,13-14H2,1-2H3,(H,28,30). The van der Waals surface area contributed by atoms with E-state index in [0.29, 0.717) is 27.9 Å². The van der Waals surface area contributed by atoms with E-state index in [9.17, 15) is 9.59 Å². The number of nitrogens with zero attached hydrogens (tertiary/aromatic N) is 2. The number of nitrogens with one attached hydrogen (secondary N) is 1. The van der Waals surface area contributed by atoms with Gasteiger partial charge in [0.1, 0.15) is 0 Å². The number of ether oxygens (including phenoxy) is 1. The van der Waals surface area contributed by atoms with E-state index in [-0.39, 0.29) is 5.92 Å². The number of fused-ring (bicyclic) bond motifs is 1. The van der Waals surface area contributed by atoms with Gasteiger partial charge in [-0.05, 0) is 31.4 Å². The lowest BCUT2D eigenvalue weighted by Crippen LogP contribution is -2.50. The molecule has 0 aliphatic heterocycles. The zero-order valence-electron chi connectivity index (χ0n) is 18.4. The number of pyridine rings is 1. The van der Waals surface area contributed by atoms with Gasteiger partial charge in [-0.2, -0.15) is 0 Å². The molecule has 1 saturated carbocycles. The quantitative estimate of drug-likeness (QED) is 0.440. The lowest BCUT2D eigenvalue weighted by molar-refractivity contribution is -0.147. The summed E-state index contributed by atoms with van der Waals surface area (Å²) in [5.74, 6) is -0.743. The highest BCUT2D eigenvalue weighted by molar-refractivity contribution is 6.08. The summed E-state index contributed by atoms with van der Waals surface area (Å²) in [5.41, 5.74) is 2.08. The first-order valence-electron chi connectivity index (χ1n) is 10.8. The van der Waals surface area contributed by atoms with Gasteiger partial charge in [-0.1, -0.05) is 65.8 Å². The lowest BCUT2D eigenvalue weighted by Gasteiger charge is -2.28. The number of carbonyl (C=O) groups is 2. The number of amides is 1. The number of carbonyl (C=O) groups excluding carboxylic acids is 2. The second-order valence-corrected chi connectivity index (χ2v) is 8.38. The SMILES string of the molecule is COC(=O)C(C)(NC(=O)c1cc(-c2ccccc2)nc2onc(C3CC3)c12)c1ccccc1. The second-order valence-electron chi connectivity index (χ2n) is 8.38. The normalized spacial score (nSPS) is 15.1. The van der Waals surface area contributed by atoms with Gasteiger partial charge in [-0.25, -0.2) is 9.78 Å². The van der Waals surface area contributed by atoms with Crippen molar-refractivity contribution in [1.82, 2.24) is 15.5 Å². The van der Waals surface area contributed by atoms with Crippen LogP contribution in [0.1, 0.15) is 47.3 Å². The molecule has 166 valence electrons. The Hall–Kier alpha value is -4.00. The number of methoxy groups -OCH3 is 1. The molecule has 7 nitrogen and oxygen atoms in total. The molecular formula is C26H23N3O4. The summed E-state index contributed by atoms with van der Waals surface area (Å²) in [6, 6.07) is 20.3. The summed E-state index contributed by atoms with van der Waals surface area (Å²) in [5, 5.41) is 7.74. The smallest absolute Gasteiger partial charge is 0.336 e. The van der Waals surface area contributed by atoms with Crippen LogP contribution in [0.25, 0.3) is 22.4 Å². The van der Waals surface area contributed by atoms with Crippen LogP contribution in [0.3, 0.4) is 0 Å². The largest absolute Gasteiger partial charge is 0.467 e. The van der Waals surface area contributed by atoms with Crippen molar-refractivity contribution in [2.45, 2.75) is 31.2 Å². The third kappa shape index (κ3) is 3.75. The van der Waals surface area contributed by atoms with Crippen molar-refractivity contribution in [3.05, 3.63) is 83.6 Å². The molecule has 2 heterocycles. The summed E-state index contributed by atoms with van der Waals surface area (Å²) >= 11 is 0. The molecule has 0 radical (unpaired) electrons. The van der Waals surface area contributed by atoms with E-state index in [1.54, 1.807) is 25.1 Å². The maximum absolute atomic E-state index is 13.7. The number of aromatic nitrogens is 2. The zero-order valence-corrected chi connectivity index (χ0v) is 18.4. The number of hydrogen-bond donors (Lipinski definition) is 1. The van der Waals surface area contributed by atoms with Crippen molar-refractivity contribution >= 4 is 23.0 Å². The van der Waals surface area contributed by atoms with Gasteiger partial charge in [-0.3, -0.25) is 4.79 Å². The lowest BCUT2D eigenvalue weighted by atomic mass is 9.91. The van der Waals surface area contributed by atoms with Crippen molar-refractivity contribution in [1.29, 1.82) is 0 Å². The molecule has 1 fully saturated rings. The number of esters is 1. The Balaban J connectivity index is 1.64. The van der Waals surface area contributed by atoms with E-state index in [1.165, 1.54) is 7.11 Å². The Kier molecular flexibility index (Phi) is 5.17. The molecular weight excluding hydrogens is 418 g/mol. The summed E-state index contributed by atoms with van der Waals surface area (Å²) in [7, 11) is 1.30. The van der Waals surface area contributed by atoms with E-state index in [4.69, 9.17) is 9.26 Å². The van der Waals surface area contributed by atoms with Crippen molar-refractivity contribution in [3.8, 4) is 11.3 Å². The highest BCUT2D eigenvalue weighted by Gasteiger charge is 2.39. The topological polar surface area (TPSA) is 94.3 Å². The molecule has 2 aromatic carbocycles. The first-order chi connectivity index (χ1) is 16.0. The van der Waals surface area contributed by atoms with Gasteiger partial charge >= 0.3 is 5.97 Å². The predicted molar refractivity (Wildman–Crippen MR) is 122 cm³/mol. The average Bonchev–Trinajstić information content (AvgIpc) is 3.62. The van der Waals surface area contributed by atoms with Crippen LogP contribution < -0.4 is 5.32 Å². The zero-order chi connectivity index (χ0) is 23.0. The molecule has 0 saturated heterocycles. The van der Waals surface area contributed by atoms with Crippen LogP contribution >= 0.6 is 0 Å². The van der Waals surface area contributed by atoms with Crippen LogP contribution in [0.2, 0.25) is 0 Å². The van der Waals surface area contributed by atoms with Crippen molar-refractivity contribution in [2.24, 2.45) is 0 Å². The molecule has 1 atom stereocenters. The van der Waals surface area contributed by atoms with Crippen molar-refractivity contribution in [3.63, 3.8) is 0 Å². The minimum absolute atomic E-state index is 0.253. The van der Waals surface area contributed by atoms with Gasteiger partial charge in [0.25, 0.3) is 11.6 Å². The Bertz CT molecular complexity index is 1330. The fraction of sp³-hybridized carbons (Fsp3) is 0.231. The fourth-order valence-electron chi connectivity index (χ4n) is 4.06. The van der Waals surface area contributed by atoms with Gasteiger partial charge in [0.05, 0.1) is 29.4 Å². The monoisotopic (exact) mass is 441 g/mol. The van der Waals surface area contributed by atoms with Crippen LogP contribution in [0.5, 0.6) is 0 Å². The Labute approximate surface area is 190 Å². The molecule has 4 aromatic rings. The highest BCUT2D eigenvalue weighted by Crippen LogP contribution is 2.43. The first kappa shape index (κ1) is 20.9.